The molecule has 10 nitrogen and oxygen atoms in total. The number of nitrogens with one attached hydrogen (secondary N) is 3. The summed E-state index contributed by atoms with van der Waals surface area (Å²) in [6, 6.07) is 15.0. The van der Waals surface area contributed by atoms with E-state index >= 15 is 0 Å². The Morgan fingerprint density at radius 1 is 1.10 bits per heavy atom. The zero-order valence-corrected chi connectivity index (χ0v) is 22.9. The molecule has 10 heteroatoms. The second kappa shape index (κ2) is 11.6. The van der Waals surface area contributed by atoms with E-state index in [-0.39, 0.29) is 18.0 Å². The van der Waals surface area contributed by atoms with Gasteiger partial charge >= 0.3 is 0 Å². The summed E-state index contributed by atoms with van der Waals surface area (Å²) in [5.74, 6) is 1.02. The van der Waals surface area contributed by atoms with Crippen LogP contribution in [0, 0.1) is 0 Å². The lowest BCUT2D eigenvalue weighted by atomic mass is 10.1. The first-order valence-electron chi connectivity index (χ1n) is 13.4. The van der Waals surface area contributed by atoms with Gasteiger partial charge in [0.2, 0.25) is 5.95 Å². The molecule has 0 radical (unpaired) electrons. The molecular formula is C30H35N9O. The van der Waals surface area contributed by atoms with Crippen molar-refractivity contribution in [3.63, 3.8) is 0 Å². The third-order valence-electron chi connectivity index (χ3n) is 6.79. The number of anilines is 5. The van der Waals surface area contributed by atoms with Gasteiger partial charge in [0, 0.05) is 53.5 Å². The van der Waals surface area contributed by atoms with E-state index in [9.17, 15) is 4.79 Å². The molecule has 1 aliphatic heterocycles. The largest absolute Gasteiger partial charge is 0.356 e. The monoisotopic (exact) mass is 537 g/mol. The van der Waals surface area contributed by atoms with Crippen LogP contribution < -0.4 is 26.6 Å². The molecule has 4 aromatic rings. The lowest BCUT2D eigenvalue weighted by Gasteiger charge is -2.31. The van der Waals surface area contributed by atoms with Crippen molar-refractivity contribution in [3.05, 3.63) is 85.4 Å². The third-order valence-corrected chi connectivity index (χ3v) is 6.79. The number of carbonyl (C=O) groups is 1. The molecule has 1 amide bonds. The van der Waals surface area contributed by atoms with E-state index in [1.165, 1.54) is 0 Å². The van der Waals surface area contributed by atoms with Crippen LogP contribution in [-0.4, -0.2) is 44.6 Å². The molecule has 1 aliphatic rings. The van der Waals surface area contributed by atoms with Crippen molar-refractivity contribution in [3.8, 4) is 0 Å². The first-order valence-corrected chi connectivity index (χ1v) is 13.4. The maximum atomic E-state index is 12.9. The predicted molar refractivity (Wildman–Crippen MR) is 162 cm³/mol. The number of hydrogen-bond acceptors (Lipinski definition) is 8. The number of rotatable bonds is 9. The Morgan fingerprint density at radius 3 is 2.60 bits per heavy atom. The van der Waals surface area contributed by atoms with Crippen LogP contribution in [0.4, 0.5) is 28.8 Å². The van der Waals surface area contributed by atoms with Crippen molar-refractivity contribution in [2.24, 2.45) is 5.73 Å². The Labute approximate surface area is 234 Å². The molecule has 40 heavy (non-hydrogen) atoms. The number of fused-ring (bicyclic) bond motifs is 1. The van der Waals surface area contributed by atoms with Crippen molar-refractivity contribution in [2.75, 3.05) is 33.9 Å². The van der Waals surface area contributed by atoms with Gasteiger partial charge in [-0.3, -0.25) is 4.79 Å². The summed E-state index contributed by atoms with van der Waals surface area (Å²) in [6.45, 7) is 13.3. The Kier molecular flexibility index (Phi) is 7.79. The summed E-state index contributed by atoms with van der Waals surface area (Å²) >= 11 is 0. The molecule has 0 spiro atoms. The minimum Gasteiger partial charge on any atom is -0.356 e. The standard InChI is InChI=1S/C30H35N9O/c1-5-20(4)33-23-13-11-21(12-14-23)29(40)35-25-10-6-9-24(16-25)34-27-26-28(39(18-32-26)19(2)3)37-30(36-27)38-15-7-8-22(31)17-38/h5-6,9-14,16,18-19,22,33H,1,4,7-8,15,17,31H2,2-3H3,(H,35,40)(H,34,36,37). The summed E-state index contributed by atoms with van der Waals surface area (Å²) in [7, 11) is 0. The highest BCUT2D eigenvalue weighted by molar-refractivity contribution is 6.04. The number of aromatic nitrogens is 4. The predicted octanol–water partition coefficient (Wildman–Crippen LogP) is 5.44. The van der Waals surface area contributed by atoms with Crippen LogP contribution in [0.1, 0.15) is 43.1 Å². The van der Waals surface area contributed by atoms with Gasteiger partial charge in [-0.1, -0.05) is 19.2 Å². The summed E-state index contributed by atoms with van der Waals surface area (Å²) in [5.41, 5.74) is 11.2. The van der Waals surface area contributed by atoms with Crippen molar-refractivity contribution in [1.82, 2.24) is 19.5 Å². The minimum atomic E-state index is -0.213. The quantitative estimate of drug-likeness (QED) is 0.208. The molecule has 0 saturated carbocycles. The third kappa shape index (κ3) is 5.97. The second-order valence-electron chi connectivity index (χ2n) is 10.2. The summed E-state index contributed by atoms with van der Waals surface area (Å²) in [5, 5.41) is 9.49. The van der Waals surface area contributed by atoms with E-state index < -0.39 is 0 Å². The van der Waals surface area contributed by atoms with Crippen LogP contribution in [0.5, 0.6) is 0 Å². The van der Waals surface area contributed by atoms with Gasteiger partial charge in [-0.25, -0.2) is 4.98 Å². The molecule has 2 aromatic carbocycles. The van der Waals surface area contributed by atoms with E-state index in [4.69, 9.17) is 15.7 Å². The lowest BCUT2D eigenvalue weighted by molar-refractivity contribution is 0.102. The highest BCUT2D eigenvalue weighted by atomic mass is 16.1. The van der Waals surface area contributed by atoms with Crippen LogP contribution in [0.15, 0.2) is 79.8 Å². The van der Waals surface area contributed by atoms with Gasteiger partial charge in [-0.2, -0.15) is 9.97 Å². The summed E-state index contributed by atoms with van der Waals surface area (Å²) in [6.07, 6.45) is 5.43. The van der Waals surface area contributed by atoms with Gasteiger partial charge in [0.25, 0.3) is 5.91 Å². The van der Waals surface area contributed by atoms with Crippen LogP contribution in [0.3, 0.4) is 0 Å². The topological polar surface area (TPSA) is 126 Å². The molecule has 0 aliphatic carbocycles. The van der Waals surface area contributed by atoms with Crippen LogP contribution in [0.2, 0.25) is 0 Å². The zero-order chi connectivity index (χ0) is 28.2. The zero-order valence-electron chi connectivity index (χ0n) is 22.9. The average molecular weight is 538 g/mol. The average Bonchev–Trinajstić information content (AvgIpc) is 3.38. The van der Waals surface area contributed by atoms with E-state index in [0.29, 0.717) is 40.8 Å². The Balaban J connectivity index is 1.38. The molecule has 0 bridgehead atoms. The minimum absolute atomic E-state index is 0.0961. The molecule has 1 unspecified atom stereocenters. The van der Waals surface area contributed by atoms with Crippen molar-refractivity contribution in [1.29, 1.82) is 0 Å². The van der Waals surface area contributed by atoms with Crippen molar-refractivity contribution < 1.29 is 4.79 Å². The Hall–Kier alpha value is -4.70. The number of nitrogens with two attached hydrogens (primary N) is 1. The van der Waals surface area contributed by atoms with Crippen molar-refractivity contribution >= 4 is 45.9 Å². The maximum Gasteiger partial charge on any atom is 0.255 e. The van der Waals surface area contributed by atoms with Gasteiger partial charge in [-0.05, 0) is 75.2 Å². The molecule has 2 aromatic heterocycles. The molecule has 1 fully saturated rings. The van der Waals surface area contributed by atoms with E-state index in [1.54, 1.807) is 24.5 Å². The number of benzene rings is 2. The molecule has 5 N–H and O–H groups in total. The van der Waals surface area contributed by atoms with Gasteiger partial charge in [-0.15, -0.1) is 0 Å². The lowest BCUT2D eigenvalue weighted by Crippen LogP contribution is -2.43. The van der Waals surface area contributed by atoms with Crippen LogP contribution >= 0.6 is 0 Å². The van der Waals surface area contributed by atoms with E-state index in [2.05, 4.69) is 52.8 Å². The van der Waals surface area contributed by atoms with Gasteiger partial charge in [0.05, 0.1) is 6.33 Å². The fourth-order valence-corrected chi connectivity index (χ4v) is 4.66. The molecule has 1 atom stereocenters. The molecular weight excluding hydrogens is 502 g/mol. The van der Waals surface area contributed by atoms with Crippen LogP contribution in [-0.2, 0) is 0 Å². The highest BCUT2D eigenvalue weighted by Gasteiger charge is 2.22. The number of allylic oxidation sites excluding steroid dienone is 1. The molecule has 3 heterocycles. The summed E-state index contributed by atoms with van der Waals surface area (Å²) < 4.78 is 2.04. The number of piperidine rings is 1. The first-order chi connectivity index (χ1) is 19.3. The SMILES string of the molecule is C=CC(=C)Nc1ccc(C(=O)Nc2cccc(Nc3nc(N4CCCC(N)C4)nc4c3ncn4C(C)C)c2)cc1. The first kappa shape index (κ1) is 26.9. The molecule has 5 rings (SSSR count). The summed E-state index contributed by atoms with van der Waals surface area (Å²) in [4.78, 5) is 29.4. The number of nitrogens with zero attached hydrogens (tertiary/aromatic N) is 5. The van der Waals surface area contributed by atoms with E-state index in [0.717, 1.165) is 36.4 Å². The van der Waals surface area contributed by atoms with Gasteiger partial charge in [0.1, 0.15) is 0 Å². The fraction of sp³-hybridized carbons (Fsp3) is 0.267. The smallest absolute Gasteiger partial charge is 0.255 e. The molecule has 1 saturated heterocycles. The van der Waals surface area contributed by atoms with Gasteiger partial charge in [0.15, 0.2) is 17.0 Å². The second-order valence-corrected chi connectivity index (χ2v) is 10.2. The molecule has 206 valence electrons. The number of carbonyl (C=O) groups excluding carboxylic acids is 1. The highest BCUT2D eigenvalue weighted by Crippen LogP contribution is 2.29. The van der Waals surface area contributed by atoms with Crippen LogP contribution in [0.25, 0.3) is 11.2 Å². The number of imidazole rings is 1. The normalized spacial score (nSPS) is 15.2. The Bertz CT molecular complexity index is 1540. The number of amides is 1. The van der Waals surface area contributed by atoms with E-state index in [1.807, 2.05) is 41.0 Å². The Morgan fingerprint density at radius 2 is 1.88 bits per heavy atom. The van der Waals surface area contributed by atoms with Gasteiger partial charge < -0.3 is 31.2 Å². The fourth-order valence-electron chi connectivity index (χ4n) is 4.66. The van der Waals surface area contributed by atoms with Crippen molar-refractivity contribution in [2.45, 2.75) is 38.8 Å². The number of hydrogen-bond donors (Lipinski definition) is 4. The maximum absolute atomic E-state index is 12.9.